The van der Waals surface area contributed by atoms with Crippen LogP contribution < -0.4 is 21.1 Å². The molecule has 12 heteroatoms. The van der Waals surface area contributed by atoms with Crippen molar-refractivity contribution in [1.82, 2.24) is 14.8 Å². The summed E-state index contributed by atoms with van der Waals surface area (Å²) in [6, 6.07) is 15.2. The quantitative estimate of drug-likeness (QED) is 0.227. The van der Waals surface area contributed by atoms with E-state index in [2.05, 4.69) is 20.7 Å². The minimum Gasteiger partial charge on any atom is -0.450 e. The van der Waals surface area contributed by atoms with Gasteiger partial charge in [0.1, 0.15) is 17.4 Å². The topological polar surface area (TPSA) is 150 Å². The fraction of sp³-hybridized carbons (Fsp3) is 0.160. The molecule has 0 spiro atoms. The van der Waals surface area contributed by atoms with Crippen molar-refractivity contribution in [2.45, 2.75) is 26.2 Å². The van der Waals surface area contributed by atoms with Crippen LogP contribution in [0.2, 0.25) is 0 Å². The molecule has 2 aromatic heterocycles. The van der Waals surface area contributed by atoms with Crippen LogP contribution in [-0.4, -0.2) is 25.7 Å². The molecule has 0 fully saturated rings. The minimum absolute atomic E-state index is 0.0332. The van der Waals surface area contributed by atoms with E-state index in [1.165, 1.54) is 24.4 Å². The largest absolute Gasteiger partial charge is 0.450 e. The first-order valence-corrected chi connectivity index (χ1v) is 11.1. The average molecular weight is 506 g/mol. The van der Waals surface area contributed by atoms with E-state index in [4.69, 9.17) is 10.5 Å². The minimum atomic E-state index is -0.815. The number of carbonyl (C=O) groups excluding carboxylic acids is 1. The zero-order valence-electron chi connectivity index (χ0n) is 20.2. The number of pyridine rings is 1. The second-order valence-electron chi connectivity index (χ2n) is 9.04. The number of nitrogen functional groups attached to an aromatic ring is 1. The molecule has 0 saturated carbocycles. The maximum absolute atomic E-state index is 14.8. The van der Waals surface area contributed by atoms with Crippen molar-refractivity contribution in [1.29, 1.82) is 0 Å². The monoisotopic (exact) mass is 505 g/mol. The summed E-state index contributed by atoms with van der Waals surface area (Å²) in [5.41, 5.74) is 6.11. The second kappa shape index (κ2) is 9.93. The Morgan fingerprint density at radius 2 is 1.84 bits per heavy atom. The number of nitrogens with two attached hydrogens (primary N) is 1. The molecule has 4 aromatic rings. The van der Waals surface area contributed by atoms with Crippen LogP contribution in [0.4, 0.5) is 32.2 Å². The van der Waals surface area contributed by atoms with Crippen molar-refractivity contribution in [2.24, 2.45) is 0 Å². The maximum atomic E-state index is 14.8. The van der Waals surface area contributed by atoms with Crippen molar-refractivity contribution in [3.05, 3.63) is 88.5 Å². The number of ether oxygens (including phenoxy) is 1. The predicted molar refractivity (Wildman–Crippen MR) is 137 cm³/mol. The fourth-order valence-corrected chi connectivity index (χ4v) is 3.38. The molecule has 0 aliphatic heterocycles. The Morgan fingerprint density at radius 1 is 1.11 bits per heavy atom. The smallest absolute Gasteiger partial charge is 0.353 e. The van der Waals surface area contributed by atoms with Gasteiger partial charge in [-0.2, -0.15) is 5.10 Å². The number of halogens is 1. The zero-order valence-corrected chi connectivity index (χ0v) is 20.2. The summed E-state index contributed by atoms with van der Waals surface area (Å²) >= 11 is 0. The van der Waals surface area contributed by atoms with E-state index in [0.717, 1.165) is 17.4 Å². The summed E-state index contributed by atoms with van der Waals surface area (Å²) in [6.07, 6.45) is 1.24. The summed E-state index contributed by atoms with van der Waals surface area (Å²) in [6.45, 7) is 6.01. The summed E-state index contributed by atoms with van der Waals surface area (Å²) < 4.78 is 21.8. The highest BCUT2D eigenvalue weighted by atomic mass is 19.1. The van der Waals surface area contributed by atoms with Gasteiger partial charge in [0.05, 0.1) is 22.0 Å². The van der Waals surface area contributed by atoms with E-state index in [1.54, 1.807) is 10.7 Å². The van der Waals surface area contributed by atoms with Gasteiger partial charge in [0.2, 0.25) is 11.6 Å². The summed E-state index contributed by atoms with van der Waals surface area (Å²) in [5.74, 6) is -0.976. The first kappa shape index (κ1) is 25.1. The van der Waals surface area contributed by atoms with Gasteiger partial charge < -0.3 is 15.8 Å². The summed E-state index contributed by atoms with van der Waals surface area (Å²) in [4.78, 5) is 26.9. The summed E-state index contributed by atoms with van der Waals surface area (Å²) in [7, 11) is 0. The van der Waals surface area contributed by atoms with E-state index < -0.39 is 22.5 Å². The van der Waals surface area contributed by atoms with Crippen LogP contribution in [-0.2, 0) is 5.41 Å². The number of aromatic nitrogens is 3. The van der Waals surface area contributed by atoms with Crippen molar-refractivity contribution in [3.63, 3.8) is 0 Å². The number of urea groups is 1. The number of nitrogens with one attached hydrogen (secondary N) is 2. The number of nitrogens with zero attached hydrogens (tertiary/aromatic N) is 4. The van der Waals surface area contributed by atoms with Gasteiger partial charge >= 0.3 is 11.7 Å². The van der Waals surface area contributed by atoms with Crippen molar-refractivity contribution in [2.75, 3.05) is 16.4 Å². The molecule has 0 aliphatic carbocycles. The van der Waals surface area contributed by atoms with Gasteiger partial charge in [-0.3, -0.25) is 15.4 Å². The van der Waals surface area contributed by atoms with E-state index in [0.29, 0.717) is 5.82 Å². The van der Waals surface area contributed by atoms with Crippen molar-refractivity contribution >= 4 is 29.0 Å². The Kier molecular flexibility index (Phi) is 6.74. The van der Waals surface area contributed by atoms with Crippen molar-refractivity contribution < 1.29 is 18.8 Å². The molecule has 37 heavy (non-hydrogen) atoms. The van der Waals surface area contributed by atoms with Gasteiger partial charge in [-0.05, 0) is 24.3 Å². The van der Waals surface area contributed by atoms with Gasteiger partial charge in [-0.25, -0.2) is 18.9 Å². The first-order chi connectivity index (χ1) is 17.5. The number of hydrogen-bond acceptors (Lipinski definition) is 7. The molecule has 0 aliphatic rings. The third kappa shape index (κ3) is 5.64. The van der Waals surface area contributed by atoms with Crippen LogP contribution in [0.3, 0.4) is 0 Å². The predicted octanol–water partition coefficient (Wildman–Crippen LogP) is 5.63. The highest BCUT2D eigenvalue weighted by molar-refractivity contribution is 5.99. The number of anilines is 3. The number of rotatable bonds is 6. The van der Waals surface area contributed by atoms with Crippen LogP contribution in [0.25, 0.3) is 5.69 Å². The standard InChI is InChI=1S/C25H24FN7O4/c1-25(2,3)20-14-21(32(31-20)15-7-5-4-6-8-15)30-24(34)29-18-10-9-16(13-17(18)26)37-19-11-12-28-23(27)22(19)33(35)36/h4-14H,1-3H3,(H2,27,28)(H2,29,30,34). The molecular weight excluding hydrogens is 481 g/mol. The second-order valence-corrected chi connectivity index (χ2v) is 9.04. The van der Waals surface area contributed by atoms with E-state index in [1.807, 2.05) is 51.1 Å². The Labute approximate surface area is 211 Å². The molecule has 4 rings (SSSR count). The third-order valence-corrected chi connectivity index (χ3v) is 5.23. The number of hydrogen-bond donors (Lipinski definition) is 3. The van der Waals surface area contributed by atoms with Gasteiger partial charge in [0.15, 0.2) is 0 Å². The van der Waals surface area contributed by atoms with Crippen LogP contribution in [0.15, 0.2) is 66.9 Å². The number of para-hydroxylation sites is 1. The first-order valence-electron chi connectivity index (χ1n) is 11.1. The maximum Gasteiger partial charge on any atom is 0.353 e. The number of amides is 2. The molecule has 0 unspecified atom stereocenters. The Bertz CT molecular complexity index is 1470. The third-order valence-electron chi connectivity index (χ3n) is 5.23. The molecule has 0 radical (unpaired) electrons. The van der Waals surface area contributed by atoms with Gasteiger partial charge in [0, 0.05) is 29.8 Å². The molecule has 11 nitrogen and oxygen atoms in total. The number of carbonyl (C=O) groups is 1. The fourth-order valence-electron chi connectivity index (χ4n) is 3.38. The highest BCUT2D eigenvalue weighted by Crippen LogP contribution is 2.35. The van der Waals surface area contributed by atoms with Crippen LogP contribution >= 0.6 is 0 Å². The number of nitro groups is 1. The molecule has 190 valence electrons. The Hall–Kier alpha value is -5.00. The average Bonchev–Trinajstić information content (AvgIpc) is 3.25. The molecule has 0 atom stereocenters. The van der Waals surface area contributed by atoms with E-state index in [-0.39, 0.29) is 28.4 Å². The van der Waals surface area contributed by atoms with Gasteiger partial charge in [-0.1, -0.05) is 39.0 Å². The van der Waals surface area contributed by atoms with Gasteiger partial charge in [0.25, 0.3) is 0 Å². The van der Waals surface area contributed by atoms with Crippen LogP contribution in [0.5, 0.6) is 11.5 Å². The molecule has 2 aromatic carbocycles. The lowest BCUT2D eigenvalue weighted by atomic mass is 9.92. The lowest BCUT2D eigenvalue weighted by molar-refractivity contribution is -0.384. The lowest BCUT2D eigenvalue weighted by Crippen LogP contribution is -2.21. The molecule has 4 N–H and O–H groups in total. The van der Waals surface area contributed by atoms with E-state index in [9.17, 15) is 19.3 Å². The van der Waals surface area contributed by atoms with Gasteiger partial charge in [-0.15, -0.1) is 0 Å². The highest BCUT2D eigenvalue weighted by Gasteiger charge is 2.23. The number of benzene rings is 2. The van der Waals surface area contributed by atoms with Crippen molar-refractivity contribution in [3.8, 4) is 17.2 Å². The summed E-state index contributed by atoms with van der Waals surface area (Å²) in [5, 5.41) is 21.1. The van der Waals surface area contributed by atoms with Crippen LogP contribution in [0.1, 0.15) is 26.5 Å². The normalized spacial score (nSPS) is 11.1. The SMILES string of the molecule is CC(C)(C)c1cc(NC(=O)Nc2ccc(Oc3ccnc(N)c3[N+](=O)[O-])cc2F)n(-c2ccccc2)n1. The Morgan fingerprint density at radius 3 is 2.49 bits per heavy atom. The Balaban J connectivity index is 1.53. The van der Waals surface area contributed by atoms with E-state index >= 15 is 0 Å². The van der Waals surface area contributed by atoms with Crippen LogP contribution in [0, 0.1) is 15.9 Å². The molecule has 2 heterocycles. The lowest BCUT2D eigenvalue weighted by Gasteiger charge is -2.14. The molecule has 0 saturated heterocycles. The molecule has 2 amide bonds. The molecule has 0 bridgehead atoms. The molecular formula is C25H24FN7O4. The zero-order chi connectivity index (χ0) is 26.7.